The molecule has 0 aliphatic carbocycles. The second-order valence-corrected chi connectivity index (χ2v) is 5.91. The Labute approximate surface area is 127 Å². The van der Waals surface area contributed by atoms with Gasteiger partial charge in [0.15, 0.2) is 5.78 Å². The molecule has 0 spiro atoms. The van der Waals surface area contributed by atoms with Crippen molar-refractivity contribution in [2.75, 3.05) is 18.0 Å². The standard InChI is InChI=1S/C17H16BrNO/c18-16-12-14(19-10-4-5-11-19)8-9-15(16)17(20)13-6-2-1-3-7-13/h1-3,6-9,12H,4-5,10-11H2. The number of ketones is 1. The first-order valence-corrected chi connectivity index (χ1v) is 7.69. The van der Waals surface area contributed by atoms with Crippen LogP contribution in [0.15, 0.2) is 53.0 Å². The van der Waals surface area contributed by atoms with E-state index in [1.165, 1.54) is 18.5 Å². The Kier molecular flexibility index (Phi) is 3.88. The largest absolute Gasteiger partial charge is 0.372 e. The molecule has 102 valence electrons. The topological polar surface area (TPSA) is 20.3 Å². The number of anilines is 1. The van der Waals surface area contributed by atoms with Crippen LogP contribution < -0.4 is 4.90 Å². The van der Waals surface area contributed by atoms with Gasteiger partial charge in [0, 0.05) is 34.4 Å². The Bertz CT molecular complexity index is 618. The van der Waals surface area contributed by atoms with Gasteiger partial charge >= 0.3 is 0 Å². The summed E-state index contributed by atoms with van der Waals surface area (Å²) in [6.07, 6.45) is 2.50. The van der Waals surface area contributed by atoms with Crippen molar-refractivity contribution in [2.24, 2.45) is 0 Å². The summed E-state index contributed by atoms with van der Waals surface area (Å²) >= 11 is 3.54. The number of rotatable bonds is 3. The highest BCUT2D eigenvalue weighted by Crippen LogP contribution is 2.28. The maximum absolute atomic E-state index is 12.5. The third-order valence-corrected chi connectivity index (χ3v) is 4.36. The fraction of sp³-hybridized carbons (Fsp3) is 0.235. The lowest BCUT2D eigenvalue weighted by Gasteiger charge is -2.18. The summed E-state index contributed by atoms with van der Waals surface area (Å²) in [5, 5.41) is 0. The lowest BCUT2D eigenvalue weighted by molar-refractivity contribution is 0.103. The van der Waals surface area contributed by atoms with Crippen LogP contribution in [0.2, 0.25) is 0 Å². The molecule has 0 atom stereocenters. The summed E-state index contributed by atoms with van der Waals surface area (Å²) in [7, 11) is 0. The molecule has 1 aliphatic heterocycles. The molecular weight excluding hydrogens is 314 g/mol. The number of halogens is 1. The van der Waals surface area contributed by atoms with Crippen LogP contribution >= 0.6 is 15.9 Å². The van der Waals surface area contributed by atoms with Crippen LogP contribution in [0.25, 0.3) is 0 Å². The molecule has 20 heavy (non-hydrogen) atoms. The van der Waals surface area contributed by atoms with Gasteiger partial charge in [0.05, 0.1) is 0 Å². The summed E-state index contributed by atoms with van der Waals surface area (Å²) in [4.78, 5) is 14.8. The van der Waals surface area contributed by atoms with Gasteiger partial charge in [0.25, 0.3) is 0 Å². The lowest BCUT2D eigenvalue weighted by Crippen LogP contribution is -2.17. The van der Waals surface area contributed by atoms with E-state index in [4.69, 9.17) is 0 Å². The van der Waals surface area contributed by atoms with Gasteiger partial charge in [-0.2, -0.15) is 0 Å². The van der Waals surface area contributed by atoms with Crippen LogP contribution in [0.1, 0.15) is 28.8 Å². The van der Waals surface area contributed by atoms with Crippen LogP contribution in [0.4, 0.5) is 5.69 Å². The number of carbonyl (C=O) groups excluding carboxylic acids is 1. The molecule has 2 nitrogen and oxygen atoms in total. The van der Waals surface area contributed by atoms with Crippen LogP contribution in [0, 0.1) is 0 Å². The van der Waals surface area contributed by atoms with Crippen LogP contribution in [-0.2, 0) is 0 Å². The van der Waals surface area contributed by atoms with E-state index in [0.29, 0.717) is 0 Å². The summed E-state index contributed by atoms with van der Waals surface area (Å²) in [5.41, 5.74) is 2.64. The smallest absolute Gasteiger partial charge is 0.194 e. The van der Waals surface area contributed by atoms with E-state index in [1.54, 1.807) is 0 Å². The summed E-state index contributed by atoms with van der Waals surface area (Å²) in [5.74, 6) is 0.0606. The molecule has 1 saturated heterocycles. The quantitative estimate of drug-likeness (QED) is 0.783. The molecule has 2 aromatic carbocycles. The van der Waals surface area contributed by atoms with E-state index in [-0.39, 0.29) is 5.78 Å². The third kappa shape index (κ3) is 2.63. The van der Waals surface area contributed by atoms with Crippen LogP contribution in [0.5, 0.6) is 0 Å². The van der Waals surface area contributed by atoms with Gasteiger partial charge in [-0.15, -0.1) is 0 Å². The molecular formula is C17H16BrNO. The maximum atomic E-state index is 12.5. The van der Waals surface area contributed by atoms with Crippen molar-refractivity contribution in [3.05, 3.63) is 64.1 Å². The van der Waals surface area contributed by atoms with Gasteiger partial charge in [-0.1, -0.05) is 30.3 Å². The average Bonchev–Trinajstić information content (AvgIpc) is 3.01. The maximum Gasteiger partial charge on any atom is 0.194 e. The molecule has 0 radical (unpaired) electrons. The number of hydrogen-bond acceptors (Lipinski definition) is 2. The Morgan fingerprint density at radius 2 is 1.70 bits per heavy atom. The Morgan fingerprint density at radius 1 is 1.00 bits per heavy atom. The molecule has 0 bridgehead atoms. The number of hydrogen-bond donors (Lipinski definition) is 0. The number of benzene rings is 2. The first kappa shape index (κ1) is 13.4. The number of nitrogens with zero attached hydrogens (tertiary/aromatic N) is 1. The van der Waals surface area contributed by atoms with Gasteiger partial charge in [-0.25, -0.2) is 0 Å². The second-order valence-electron chi connectivity index (χ2n) is 5.05. The van der Waals surface area contributed by atoms with E-state index in [9.17, 15) is 4.79 Å². The molecule has 0 aromatic heterocycles. The highest BCUT2D eigenvalue weighted by Gasteiger charge is 2.16. The highest BCUT2D eigenvalue weighted by molar-refractivity contribution is 9.10. The molecule has 0 amide bonds. The fourth-order valence-electron chi connectivity index (χ4n) is 2.61. The van der Waals surface area contributed by atoms with Gasteiger partial charge < -0.3 is 4.90 Å². The first-order valence-electron chi connectivity index (χ1n) is 6.90. The minimum absolute atomic E-state index is 0.0606. The van der Waals surface area contributed by atoms with Crippen molar-refractivity contribution in [3.8, 4) is 0 Å². The summed E-state index contributed by atoms with van der Waals surface area (Å²) in [6, 6.07) is 15.4. The molecule has 0 saturated carbocycles. The second kappa shape index (κ2) is 5.80. The van der Waals surface area contributed by atoms with Crippen molar-refractivity contribution in [2.45, 2.75) is 12.8 Å². The van der Waals surface area contributed by atoms with Crippen LogP contribution in [-0.4, -0.2) is 18.9 Å². The molecule has 1 aliphatic rings. The Morgan fingerprint density at radius 3 is 2.35 bits per heavy atom. The molecule has 0 N–H and O–H groups in total. The van der Waals surface area contributed by atoms with Crippen molar-refractivity contribution >= 4 is 27.4 Å². The summed E-state index contributed by atoms with van der Waals surface area (Å²) < 4.78 is 0.871. The molecule has 3 heteroatoms. The van der Waals surface area contributed by atoms with Crippen LogP contribution in [0.3, 0.4) is 0 Å². The molecule has 1 heterocycles. The lowest BCUT2D eigenvalue weighted by atomic mass is 10.0. The zero-order valence-corrected chi connectivity index (χ0v) is 12.8. The van der Waals surface area contributed by atoms with Gasteiger partial charge in [-0.05, 0) is 47.0 Å². The van der Waals surface area contributed by atoms with Crippen molar-refractivity contribution in [1.29, 1.82) is 0 Å². The number of carbonyl (C=O) groups is 1. The normalized spacial score (nSPS) is 14.6. The van der Waals surface area contributed by atoms with E-state index in [1.807, 2.05) is 42.5 Å². The van der Waals surface area contributed by atoms with E-state index in [0.717, 1.165) is 28.7 Å². The predicted molar refractivity (Wildman–Crippen MR) is 85.5 cm³/mol. The van der Waals surface area contributed by atoms with E-state index < -0.39 is 0 Å². The molecule has 0 unspecified atom stereocenters. The molecule has 3 rings (SSSR count). The third-order valence-electron chi connectivity index (χ3n) is 3.70. The zero-order chi connectivity index (χ0) is 13.9. The van der Waals surface area contributed by atoms with E-state index >= 15 is 0 Å². The van der Waals surface area contributed by atoms with Gasteiger partial charge in [0.1, 0.15) is 0 Å². The Hall–Kier alpha value is -1.61. The predicted octanol–water partition coefficient (Wildman–Crippen LogP) is 4.28. The Balaban J connectivity index is 1.89. The SMILES string of the molecule is O=C(c1ccccc1)c1ccc(N2CCCC2)cc1Br. The van der Waals surface area contributed by atoms with Gasteiger partial charge in [-0.3, -0.25) is 4.79 Å². The minimum atomic E-state index is 0.0606. The van der Waals surface area contributed by atoms with Crippen molar-refractivity contribution in [1.82, 2.24) is 0 Å². The first-order chi connectivity index (χ1) is 9.75. The van der Waals surface area contributed by atoms with Gasteiger partial charge in [0.2, 0.25) is 0 Å². The highest BCUT2D eigenvalue weighted by atomic mass is 79.9. The molecule has 2 aromatic rings. The average molecular weight is 330 g/mol. The minimum Gasteiger partial charge on any atom is -0.372 e. The molecule has 1 fully saturated rings. The fourth-order valence-corrected chi connectivity index (χ4v) is 3.15. The van der Waals surface area contributed by atoms with E-state index in [2.05, 4.69) is 26.9 Å². The monoisotopic (exact) mass is 329 g/mol. The van der Waals surface area contributed by atoms with Crippen molar-refractivity contribution in [3.63, 3.8) is 0 Å². The summed E-state index contributed by atoms with van der Waals surface area (Å²) in [6.45, 7) is 2.22. The zero-order valence-electron chi connectivity index (χ0n) is 11.2. The van der Waals surface area contributed by atoms with Crippen molar-refractivity contribution < 1.29 is 4.79 Å².